The Morgan fingerprint density at radius 3 is 3.05 bits per heavy atom. The number of hydrogen-bond donors (Lipinski definition) is 2. The summed E-state index contributed by atoms with van der Waals surface area (Å²) in [5, 5.41) is 6.23. The molecule has 5 heteroatoms. The third-order valence-electron chi connectivity index (χ3n) is 3.32. The molecule has 0 unspecified atom stereocenters. The van der Waals surface area contributed by atoms with E-state index >= 15 is 0 Å². The first-order chi connectivity index (χ1) is 9.33. The minimum absolute atomic E-state index is 0.0599. The van der Waals surface area contributed by atoms with Gasteiger partial charge in [-0.2, -0.15) is 0 Å². The van der Waals surface area contributed by atoms with E-state index in [9.17, 15) is 4.79 Å². The SMILES string of the molecule is O=C(CCNC1CC1)NCc1cccc2c1OCO2. The van der Waals surface area contributed by atoms with Crippen LogP contribution in [0.2, 0.25) is 0 Å². The van der Waals surface area contributed by atoms with Gasteiger partial charge in [-0.25, -0.2) is 0 Å². The molecule has 1 aromatic carbocycles. The summed E-state index contributed by atoms with van der Waals surface area (Å²) in [4.78, 5) is 11.7. The molecule has 1 fully saturated rings. The molecule has 3 rings (SSSR count). The largest absolute Gasteiger partial charge is 0.454 e. The van der Waals surface area contributed by atoms with Crippen LogP contribution in [-0.2, 0) is 11.3 Å². The van der Waals surface area contributed by atoms with Gasteiger partial charge in [-0.1, -0.05) is 12.1 Å². The van der Waals surface area contributed by atoms with Crippen LogP contribution < -0.4 is 20.1 Å². The Morgan fingerprint density at radius 1 is 1.32 bits per heavy atom. The Balaban J connectivity index is 1.46. The van der Waals surface area contributed by atoms with Gasteiger partial charge >= 0.3 is 0 Å². The number of fused-ring (bicyclic) bond motifs is 1. The molecule has 0 radical (unpaired) electrons. The smallest absolute Gasteiger partial charge is 0.231 e. The first kappa shape index (κ1) is 12.3. The lowest BCUT2D eigenvalue weighted by Gasteiger charge is -2.08. The van der Waals surface area contributed by atoms with Crippen molar-refractivity contribution in [2.75, 3.05) is 13.3 Å². The van der Waals surface area contributed by atoms with Gasteiger partial charge in [0.25, 0.3) is 0 Å². The van der Waals surface area contributed by atoms with E-state index in [4.69, 9.17) is 9.47 Å². The van der Waals surface area contributed by atoms with Crippen LogP contribution in [0.5, 0.6) is 11.5 Å². The zero-order chi connectivity index (χ0) is 13.1. The van der Waals surface area contributed by atoms with E-state index in [1.54, 1.807) is 0 Å². The number of ether oxygens (including phenoxy) is 2. The van der Waals surface area contributed by atoms with Crippen LogP contribution in [-0.4, -0.2) is 25.3 Å². The molecule has 0 atom stereocenters. The zero-order valence-corrected chi connectivity index (χ0v) is 10.8. The van der Waals surface area contributed by atoms with Crippen LogP contribution in [0.15, 0.2) is 18.2 Å². The Morgan fingerprint density at radius 2 is 2.21 bits per heavy atom. The molecule has 1 heterocycles. The number of amides is 1. The molecule has 0 bridgehead atoms. The third-order valence-corrected chi connectivity index (χ3v) is 3.32. The Hall–Kier alpha value is -1.75. The molecule has 1 amide bonds. The average molecular weight is 262 g/mol. The van der Waals surface area contributed by atoms with E-state index in [0.29, 0.717) is 19.0 Å². The van der Waals surface area contributed by atoms with Gasteiger partial charge in [0.15, 0.2) is 11.5 Å². The summed E-state index contributed by atoms with van der Waals surface area (Å²) in [6, 6.07) is 6.36. The predicted molar refractivity (Wildman–Crippen MR) is 70.1 cm³/mol. The molecule has 0 aromatic heterocycles. The lowest BCUT2D eigenvalue weighted by atomic mass is 10.2. The summed E-state index contributed by atoms with van der Waals surface area (Å²) >= 11 is 0. The highest BCUT2D eigenvalue weighted by Gasteiger charge is 2.20. The van der Waals surface area contributed by atoms with Crippen molar-refractivity contribution in [1.29, 1.82) is 0 Å². The normalized spacial score (nSPS) is 16.4. The molecule has 1 aliphatic carbocycles. The second kappa shape index (κ2) is 5.48. The monoisotopic (exact) mass is 262 g/mol. The van der Waals surface area contributed by atoms with Crippen LogP contribution in [0.25, 0.3) is 0 Å². The summed E-state index contributed by atoms with van der Waals surface area (Å²) in [7, 11) is 0. The number of para-hydroxylation sites is 1. The van der Waals surface area contributed by atoms with Crippen LogP contribution in [0, 0.1) is 0 Å². The van der Waals surface area contributed by atoms with E-state index in [2.05, 4.69) is 10.6 Å². The maximum absolute atomic E-state index is 11.7. The second-order valence-corrected chi connectivity index (χ2v) is 4.91. The van der Waals surface area contributed by atoms with Crippen molar-refractivity contribution in [1.82, 2.24) is 10.6 Å². The van der Waals surface area contributed by atoms with Gasteiger partial charge in [-0.15, -0.1) is 0 Å². The number of carbonyl (C=O) groups excluding carboxylic acids is 1. The van der Waals surface area contributed by atoms with Crippen molar-refractivity contribution in [3.63, 3.8) is 0 Å². The van der Waals surface area contributed by atoms with Crippen LogP contribution in [0.4, 0.5) is 0 Å². The number of hydrogen-bond acceptors (Lipinski definition) is 4. The fourth-order valence-electron chi connectivity index (χ4n) is 2.09. The van der Waals surface area contributed by atoms with E-state index in [-0.39, 0.29) is 12.7 Å². The summed E-state index contributed by atoms with van der Waals surface area (Å²) in [5.74, 6) is 1.56. The highest BCUT2D eigenvalue weighted by atomic mass is 16.7. The summed E-state index contributed by atoms with van der Waals surface area (Å²) in [6.07, 6.45) is 3.01. The van der Waals surface area contributed by atoms with Crippen molar-refractivity contribution in [3.05, 3.63) is 23.8 Å². The van der Waals surface area contributed by atoms with E-state index in [1.165, 1.54) is 12.8 Å². The van der Waals surface area contributed by atoms with Gasteiger partial charge < -0.3 is 20.1 Å². The minimum atomic E-state index is 0.0599. The Kier molecular flexibility index (Phi) is 3.55. The number of nitrogens with one attached hydrogen (secondary N) is 2. The van der Waals surface area contributed by atoms with Gasteiger partial charge in [0, 0.05) is 31.1 Å². The van der Waals surface area contributed by atoms with Gasteiger partial charge in [-0.05, 0) is 18.9 Å². The minimum Gasteiger partial charge on any atom is -0.454 e. The van der Waals surface area contributed by atoms with E-state index in [0.717, 1.165) is 23.6 Å². The maximum Gasteiger partial charge on any atom is 0.231 e. The topological polar surface area (TPSA) is 59.6 Å². The summed E-state index contributed by atoms with van der Waals surface area (Å²) < 4.78 is 10.7. The molecule has 1 aromatic rings. The molecule has 1 saturated carbocycles. The Bertz CT molecular complexity index is 472. The van der Waals surface area contributed by atoms with Crippen molar-refractivity contribution in [2.24, 2.45) is 0 Å². The van der Waals surface area contributed by atoms with Gasteiger partial charge in [-0.3, -0.25) is 4.79 Å². The number of rotatable bonds is 6. The van der Waals surface area contributed by atoms with Gasteiger partial charge in [0.2, 0.25) is 12.7 Å². The first-order valence-corrected chi connectivity index (χ1v) is 6.70. The molecular weight excluding hydrogens is 244 g/mol. The summed E-state index contributed by atoms with van der Waals surface area (Å²) in [5.41, 5.74) is 0.957. The van der Waals surface area contributed by atoms with Crippen LogP contribution in [0.1, 0.15) is 24.8 Å². The number of benzene rings is 1. The molecule has 2 aliphatic rings. The fourth-order valence-corrected chi connectivity index (χ4v) is 2.09. The standard InChI is InChI=1S/C14H18N2O3/c17-13(6-7-15-11-4-5-11)16-8-10-2-1-3-12-14(10)19-9-18-12/h1-3,11,15H,4-9H2,(H,16,17). The molecule has 1 aliphatic heterocycles. The quantitative estimate of drug-likeness (QED) is 0.808. The molecule has 0 spiro atoms. The molecule has 19 heavy (non-hydrogen) atoms. The lowest BCUT2D eigenvalue weighted by molar-refractivity contribution is -0.121. The van der Waals surface area contributed by atoms with Crippen molar-refractivity contribution >= 4 is 5.91 Å². The lowest BCUT2D eigenvalue weighted by Crippen LogP contribution is -2.28. The molecular formula is C14H18N2O3. The predicted octanol–water partition coefficient (Wildman–Crippen LogP) is 1.17. The average Bonchev–Trinajstić information content (AvgIpc) is 3.11. The van der Waals surface area contributed by atoms with Crippen molar-refractivity contribution in [2.45, 2.75) is 31.8 Å². The highest BCUT2D eigenvalue weighted by molar-refractivity contribution is 5.76. The first-order valence-electron chi connectivity index (χ1n) is 6.70. The Labute approximate surface area is 112 Å². The third kappa shape index (κ3) is 3.17. The molecule has 2 N–H and O–H groups in total. The van der Waals surface area contributed by atoms with Gasteiger partial charge in [0.05, 0.1) is 0 Å². The molecule has 0 saturated heterocycles. The van der Waals surface area contributed by atoms with E-state index in [1.807, 2.05) is 18.2 Å². The maximum atomic E-state index is 11.7. The van der Waals surface area contributed by atoms with E-state index < -0.39 is 0 Å². The highest BCUT2D eigenvalue weighted by Crippen LogP contribution is 2.35. The molecule has 102 valence electrons. The van der Waals surface area contributed by atoms with Gasteiger partial charge in [0.1, 0.15) is 0 Å². The van der Waals surface area contributed by atoms with Crippen molar-refractivity contribution < 1.29 is 14.3 Å². The van der Waals surface area contributed by atoms with Crippen molar-refractivity contribution in [3.8, 4) is 11.5 Å². The second-order valence-electron chi connectivity index (χ2n) is 4.91. The molecule has 5 nitrogen and oxygen atoms in total. The summed E-state index contributed by atoms with van der Waals surface area (Å²) in [6.45, 7) is 1.49. The zero-order valence-electron chi connectivity index (χ0n) is 10.8. The fraction of sp³-hybridized carbons (Fsp3) is 0.500. The van der Waals surface area contributed by atoms with Crippen LogP contribution >= 0.6 is 0 Å². The number of carbonyl (C=O) groups is 1. The van der Waals surface area contributed by atoms with Crippen LogP contribution in [0.3, 0.4) is 0 Å².